The Labute approximate surface area is 148 Å². The number of hydrogen-bond acceptors (Lipinski definition) is 2. The Morgan fingerprint density at radius 2 is 1.84 bits per heavy atom. The highest BCUT2D eigenvalue weighted by molar-refractivity contribution is 5.89. The molecule has 1 fully saturated rings. The first kappa shape index (κ1) is 15.8. The molecule has 0 spiro atoms. The first-order valence-electron chi connectivity index (χ1n) is 8.85. The average molecular weight is 333 g/mol. The van der Waals surface area contributed by atoms with E-state index in [4.69, 9.17) is 0 Å². The number of carbonyl (C=O) groups excluding carboxylic acids is 1. The van der Waals surface area contributed by atoms with Crippen molar-refractivity contribution in [2.45, 2.75) is 13.3 Å². The normalized spacial score (nSPS) is 14.9. The third kappa shape index (κ3) is 3.25. The number of aryl methyl sites for hydroxylation is 1. The summed E-state index contributed by atoms with van der Waals surface area (Å²) in [7, 11) is 0. The van der Waals surface area contributed by atoms with Gasteiger partial charge in [-0.15, -0.1) is 0 Å². The molecule has 128 valence electrons. The summed E-state index contributed by atoms with van der Waals surface area (Å²) in [6.45, 7) is 5.47. The number of para-hydroxylation sites is 1. The number of nitrogens with zero attached hydrogens (tertiary/aromatic N) is 2. The van der Waals surface area contributed by atoms with E-state index in [1.807, 2.05) is 29.3 Å². The number of rotatable bonds is 3. The van der Waals surface area contributed by atoms with Crippen molar-refractivity contribution in [3.8, 4) is 0 Å². The van der Waals surface area contributed by atoms with Crippen molar-refractivity contribution >= 4 is 22.5 Å². The SMILES string of the molecule is Cc1cccc(N2CCN(C(=O)Cc3c[nH]c4ccccc34)CC2)c1. The first-order valence-corrected chi connectivity index (χ1v) is 8.85. The number of aromatic nitrogens is 1. The molecular weight excluding hydrogens is 310 g/mol. The van der Waals surface area contributed by atoms with E-state index in [9.17, 15) is 4.79 Å². The van der Waals surface area contributed by atoms with E-state index in [1.54, 1.807) is 0 Å². The molecule has 25 heavy (non-hydrogen) atoms. The van der Waals surface area contributed by atoms with Crippen LogP contribution in [0.15, 0.2) is 54.7 Å². The Kier molecular flexibility index (Phi) is 4.18. The van der Waals surface area contributed by atoms with E-state index in [0.29, 0.717) is 6.42 Å². The number of nitrogens with one attached hydrogen (secondary N) is 1. The van der Waals surface area contributed by atoms with Crippen molar-refractivity contribution in [1.29, 1.82) is 0 Å². The molecule has 1 saturated heterocycles. The van der Waals surface area contributed by atoms with Gasteiger partial charge in [0, 0.05) is 49.0 Å². The van der Waals surface area contributed by atoms with Gasteiger partial charge in [0.25, 0.3) is 0 Å². The van der Waals surface area contributed by atoms with Crippen molar-refractivity contribution < 1.29 is 4.79 Å². The van der Waals surface area contributed by atoms with Crippen LogP contribution in [0, 0.1) is 6.92 Å². The molecule has 1 aromatic heterocycles. The van der Waals surface area contributed by atoms with Crippen molar-refractivity contribution in [3.63, 3.8) is 0 Å². The number of benzene rings is 2. The fourth-order valence-corrected chi connectivity index (χ4v) is 3.59. The largest absolute Gasteiger partial charge is 0.368 e. The summed E-state index contributed by atoms with van der Waals surface area (Å²) >= 11 is 0. The number of hydrogen-bond donors (Lipinski definition) is 1. The van der Waals surface area contributed by atoms with Gasteiger partial charge in [0.05, 0.1) is 6.42 Å². The summed E-state index contributed by atoms with van der Waals surface area (Å²) in [5.74, 6) is 0.216. The highest BCUT2D eigenvalue weighted by Crippen LogP contribution is 2.20. The molecule has 0 unspecified atom stereocenters. The van der Waals surface area contributed by atoms with Gasteiger partial charge < -0.3 is 14.8 Å². The zero-order valence-corrected chi connectivity index (χ0v) is 14.5. The van der Waals surface area contributed by atoms with Crippen molar-refractivity contribution in [1.82, 2.24) is 9.88 Å². The van der Waals surface area contributed by atoms with Crippen LogP contribution in [0.3, 0.4) is 0 Å². The fraction of sp³-hybridized carbons (Fsp3) is 0.286. The number of amides is 1. The van der Waals surface area contributed by atoms with Crippen LogP contribution in [-0.2, 0) is 11.2 Å². The van der Waals surface area contributed by atoms with E-state index in [2.05, 4.69) is 47.1 Å². The molecule has 1 aliphatic rings. The minimum atomic E-state index is 0.216. The van der Waals surface area contributed by atoms with E-state index in [0.717, 1.165) is 42.6 Å². The van der Waals surface area contributed by atoms with Gasteiger partial charge >= 0.3 is 0 Å². The molecule has 0 radical (unpaired) electrons. The molecule has 4 nitrogen and oxygen atoms in total. The van der Waals surface area contributed by atoms with Gasteiger partial charge in [0.1, 0.15) is 0 Å². The molecule has 0 atom stereocenters. The van der Waals surface area contributed by atoms with Crippen molar-refractivity contribution in [2.24, 2.45) is 0 Å². The van der Waals surface area contributed by atoms with Crippen LogP contribution in [0.4, 0.5) is 5.69 Å². The van der Waals surface area contributed by atoms with Gasteiger partial charge in [-0.25, -0.2) is 0 Å². The van der Waals surface area contributed by atoms with E-state index in [1.165, 1.54) is 11.3 Å². The van der Waals surface area contributed by atoms with Crippen LogP contribution >= 0.6 is 0 Å². The summed E-state index contributed by atoms with van der Waals surface area (Å²) in [5, 5.41) is 1.15. The Morgan fingerprint density at radius 1 is 1.04 bits per heavy atom. The molecule has 2 heterocycles. The van der Waals surface area contributed by atoms with Gasteiger partial charge in [-0.05, 0) is 36.2 Å². The molecule has 0 saturated carbocycles. The maximum Gasteiger partial charge on any atom is 0.227 e. The maximum absolute atomic E-state index is 12.7. The zero-order valence-electron chi connectivity index (χ0n) is 14.5. The van der Waals surface area contributed by atoms with Gasteiger partial charge in [0.2, 0.25) is 5.91 Å². The summed E-state index contributed by atoms with van der Waals surface area (Å²) in [6.07, 6.45) is 2.43. The lowest BCUT2D eigenvalue weighted by molar-refractivity contribution is -0.130. The molecule has 2 aromatic carbocycles. The van der Waals surface area contributed by atoms with Gasteiger partial charge in [-0.1, -0.05) is 30.3 Å². The minimum absolute atomic E-state index is 0.216. The molecule has 1 aliphatic heterocycles. The summed E-state index contributed by atoms with van der Waals surface area (Å²) in [5.41, 5.74) is 4.70. The standard InChI is InChI=1S/C21H23N3O/c1-16-5-4-6-18(13-16)23-9-11-24(12-10-23)21(25)14-17-15-22-20-8-3-2-7-19(17)20/h2-8,13,15,22H,9-12,14H2,1H3. The second kappa shape index (κ2) is 6.63. The molecule has 3 aromatic rings. The topological polar surface area (TPSA) is 39.3 Å². The predicted octanol–water partition coefficient (Wildman–Crippen LogP) is 3.37. The quantitative estimate of drug-likeness (QED) is 0.798. The van der Waals surface area contributed by atoms with Gasteiger partial charge in [0.15, 0.2) is 0 Å². The van der Waals surface area contributed by atoms with Crippen molar-refractivity contribution in [2.75, 3.05) is 31.1 Å². The zero-order chi connectivity index (χ0) is 17.2. The van der Waals surface area contributed by atoms with Gasteiger partial charge in [-0.3, -0.25) is 4.79 Å². The van der Waals surface area contributed by atoms with Crippen LogP contribution < -0.4 is 4.90 Å². The molecule has 0 aliphatic carbocycles. The molecule has 1 amide bonds. The first-order chi connectivity index (χ1) is 12.2. The van der Waals surface area contributed by atoms with Crippen LogP contribution in [0.25, 0.3) is 10.9 Å². The number of anilines is 1. The second-order valence-corrected chi connectivity index (χ2v) is 6.74. The van der Waals surface area contributed by atoms with Crippen LogP contribution in [-0.4, -0.2) is 42.0 Å². The number of fused-ring (bicyclic) bond motifs is 1. The Hall–Kier alpha value is -2.75. The number of aromatic amines is 1. The Morgan fingerprint density at radius 3 is 2.64 bits per heavy atom. The Bertz CT molecular complexity index is 891. The third-order valence-corrected chi connectivity index (χ3v) is 5.02. The Balaban J connectivity index is 1.40. The minimum Gasteiger partial charge on any atom is -0.368 e. The maximum atomic E-state index is 12.7. The molecule has 0 bridgehead atoms. The number of piperazine rings is 1. The molecule has 4 heteroatoms. The van der Waals surface area contributed by atoms with Crippen molar-refractivity contribution in [3.05, 3.63) is 65.9 Å². The van der Waals surface area contributed by atoms with Crippen LogP contribution in [0.1, 0.15) is 11.1 Å². The lowest BCUT2D eigenvalue weighted by Crippen LogP contribution is -2.49. The highest BCUT2D eigenvalue weighted by Gasteiger charge is 2.22. The van der Waals surface area contributed by atoms with E-state index >= 15 is 0 Å². The molecule has 1 N–H and O–H groups in total. The highest BCUT2D eigenvalue weighted by atomic mass is 16.2. The fourth-order valence-electron chi connectivity index (χ4n) is 3.59. The average Bonchev–Trinajstić information content (AvgIpc) is 3.05. The van der Waals surface area contributed by atoms with E-state index in [-0.39, 0.29) is 5.91 Å². The molecule has 4 rings (SSSR count). The van der Waals surface area contributed by atoms with Crippen LogP contribution in [0.5, 0.6) is 0 Å². The second-order valence-electron chi connectivity index (χ2n) is 6.74. The predicted molar refractivity (Wildman–Crippen MR) is 102 cm³/mol. The summed E-state index contributed by atoms with van der Waals surface area (Å²) < 4.78 is 0. The lowest BCUT2D eigenvalue weighted by atomic mass is 10.1. The number of H-pyrrole nitrogens is 1. The smallest absolute Gasteiger partial charge is 0.227 e. The lowest BCUT2D eigenvalue weighted by Gasteiger charge is -2.36. The van der Waals surface area contributed by atoms with Crippen LogP contribution in [0.2, 0.25) is 0 Å². The molecular formula is C21H23N3O. The van der Waals surface area contributed by atoms with E-state index < -0.39 is 0 Å². The summed E-state index contributed by atoms with van der Waals surface area (Å²) in [6, 6.07) is 16.7. The number of carbonyl (C=O) groups is 1. The summed E-state index contributed by atoms with van der Waals surface area (Å²) in [4.78, 5) is 20.3. The van der Waals surface area contributed by atoms with Gasteiger partial charge in [-0.2, -0.15) is 0 Å². The third-order valence-electron chi connectivity index (χ3n) is 5.02. The monoisotopic (exact) mass is 333 g/mol.